The van der Waals surface area contributed by atoms with E-state index in [0.717, 1.165) is 16.5 Å². The highest BCUT2D eigenvalue weighted by molar-refractivity contribution is 7.99. The number of rotatable bonds is 6. The Balaban J connectivity index is 2.54. The first-order valence-corrected chi connectivity index (χ1v) is 8.55. The van der Waals surface area contributed by atoms with Crippen LogP contribution < -0.4 is 4.72 Å². The van der Waals surface area contributed by atoms with Crippen molar-refractivity contribution in [2.24, 2.45) is 0 Å². The van der Waals surface area contributed by atoms with Crippen molar-refractivity contribution in [2.45, 2.75) is 43.7 Å². The molecule has 0 spiro atoms. The zero-order valence-corrected chi connectivity index (χ0v) is 12.5. The van der Waals surface area contributed by atoms with Crippen LogP contribution in [-0.2, 0) is 10.2 Å². The summed E-state index contributed by atoms with van der Waals surface area (Å²) in [6.45, 7) is 0.503. The Morgan fingerprint density at radius 2 is 2.00 bits per heavy atom. The van der Waals surface area contributed by atoms with Gasteiger partial charge in [-0.15, -0.1) is 0 Å². The predicted octanol–water partition coefficient (Wildman–Crippen LogP) is 1.99. The van der Waals surface area contributed by atoms with Crippen LogP contribution in [0.4, 0.5) is 13.2 Å². The van der Waals surface area contributed by atoms with Gasteiger partial charge in [0.25, 0.3) is 10.2 Å². The lowest BCUT2D eigenvalue weighted by atomic mass is 10.3. The van der Waals surface area contributed by atoms with Gasteiger partial charge >= 0.3 is 6.18 Å². The zero-order valence-electron chi connectivity index (χ0n) is 10.9. The number of alkyl halides is 3. The van der Waals surface area contributed by atoms with Gasteiger partial charge in [0.2, 0.25) is 0 Å². The Bertz CT molecular complexity index is 387. The molecule has 0 aromatic rings. The molecule has 1 fully saturated rings. The van der Waals surface area contributed by atoms with Crippen molar-refractivity contribution in [3.8, 4) is 0 Å². The van der Waals surface area contributed by atoms with Crippen LogP contribution in [0.2, 0.25) is 0 Å². The van der Waals surface area contributed by atoms with Crippen molar-refractivity contribution in [1.29, 1.82) is 0 Å². The Hall–Kier alpha value is 0.01000. The first kappa shape index (κ1) is 17.1. The van der Waals surface area contributed by atoms with E-state index >= 15 is 0 Å². The van der Waals surface area contributed by atoms with Gasteiger partial charge in [0, 0.05) is 18.3 Å². The van der Waals surface area contributed by atoms with Gasteiger partial charge < -0.3 is 0 Å². The third kappa shape index (κ3) is 5.49. The minimum atomic E-state index is -4.54. The molecule has 1 saturated carbocycles. The van der Waals surface area contributed by atoms with E-state index < -0.39 is 22.9 Å². The van der Waals surface area contributed by atoms with Gasteiger partial charge in [0.1, 0.15) is 6.54 Å². The van der Waals surface area contributed by atoms with Gasteiger partial charge in [-0.2, -0.15) is 42.4 Å². The fourth-order valence-corrected chi connectivity index (χ4v) is 4.37. The van der Waals surface area contributed by atoms with Gasteiger partial charge in [-0.1, -0.05) is 6.92 Å². The molecular formula is C10H19F3N2O2S2. The largest absolute Gasteiger partial charge is 0.402 e. The quantitative estimate of drug-likeness (QED) is 0.814. The average molecular weight is 320 g/mol. The van der Waals surface area contributed by atoms with Crippen LogP contribution in [0.15, 0.2) is 0 Å². The first-order chi connectivity index (χ1) is 8.65. The van der Waals surface area contributed by atoms with Crippen LogP contribution in [0.5, 0.6) is 0 Å². The highest BCUT2D eigenvalue weighted by Gasteiger charge is 2.36. The molecule has 19 heavy (non-hydrogen) atoms. The maximum atomic E-state index is 12.0. The number of halogens is 3. The standard InChI is InChI=1S/C10H19F3N2O2S2/c1-3-18-9-5-4-8(6-9)15(2)19(16,17)14-7-10(11,12)13/h8-9,14H,3-7H2,1-2H3/t8-,9+/m0/s1. The highest BCUT2D eigenvalue weighted by Crippen LogP contribution is 2.32. The molecule has 1 aliphatic rings. The lowest BCUT2D eigenvalue weighted by molar-refractivity contribution is -0.121. The molecular weight excluding hydrogens is 301 g/mol. The lowest BCUT2D eigenvalue weighted by Crippen LogP contribution is -2.46. The van der Waals surface area contributed by atoms with Crippen LogP contribution in [-0.4, -0.2) is 49.5 Å². The van der Waals surface area contributed by atoms with Crippen LogP contribution in [0.3, 0.4) is 0 Å². The summed E-state index contributed by atoms with van der Waals surface area (Å²) in [5, 5.41) is 0.398. The van der Waals surface area contributed by atoms with Crippen LogP contribution >= 0.6 is 11.8 Å². The second kappa shape index (κ2) is 6.64. The molecule has 4 nitrogen and oxygen atoms in total. The third-order valence-electron chi connectivity index (χ3n) is 3.11. The molecule has 1 aliphatic carbocycles. The SMILES string of the molecule is CCS[C@@H]1CC[C@H](N(C)S(=O)(=O)NCC(F)(F)F)C1. The van der Waals surface area contributed by atoms with Crippen LogP contribution in [0.1, 0.15) is 26.2 Å². The van der Waals surface area contributed by atoms with Gasteiger partial charge in [0.05, 0.1) is 0 Å². The summed E-state index contributed by atoms with van der Waals surface area (Å²) in [6, 6.07) is -0.213. The minimum absolute atomic E-state index is 0.213. The maximum Gasteiger partial charge on any atom is 0.402 e. The van der Waals surface area contributed by atoms with E-state index in [-0.39, 0.29) is 6.04 Å². The fourth-order valence-electron chi connectivity index (χ4n) is 2.11. The normalized spacial score (nSPS) is 25.2. The lowest BCUT2D eigenvalue weighted by Gasteiger charge is -2.24. The molecule has 0 unspecified atom stereocenters. The minimum Gasteiger partial charge on any atom is -0.195 e. The van der Waals surface area contributed by atoms with Crippen LogP contribution in [0.25, 0.3) is 0 Å². The van der Waals surface area contributed by atoms with E-state index in [0.29, 0.717) is 18.1 Å². The summed E-state index contributed by atoms with van der Waals surface area (Å²) in [5.41, 5.74) is 0. The Labute approximate surface area is 116 Å². The summed E-state index contributed by atoms with van der Waals surface area (Å²) in [4.78, 5) is 0. The third-order valence-corrected chi connectivity index (χ3v) is 5.91. The number of hydrogen-bond donors (Lipinski definition) is 1. The molecule has 0 radical (unpaired) electrons. The zero-order chi connectivity index (χ0) is 14.7. The molecule has 0 aromatic carbocycles. The molecule has 2 atom stereocenters. The molecule has 0 amide bonds. The number of thioether (sulfide) groups is 1. The number of nitrogens with one attached hydrogen (secondary N) is 1. The molecule has 0 heterocycles. The topological polar surface area (TPSA) is 49.4 Å². The summed E-state index contributed by atoms with van der Waals surface area (Å²) < 4.78 is 62.2. The predicted molar refractivity (Wildman–Crippen MR) is 70.3 cm³/mol. The van der Waals surface area contributed by atoms with Crippen molar-refractivity contribution in [1.82, 2.24) is 9.03 Å². The van der Waals surface area contributed by atoms with E-state index in [1.54, 1.807) is 16.5 Å². The molecule has 0 aliphatic heterocycles. The van der Waals surface area contributed by atoms with Crippen molar-refractivity contribution in [3.63, 3.8) is 0 Å². The summed E-state index contributed by atoms with van der Waals surface area (Å²) in [6.07, 6.45) is -2.24. The van der Waals surface area contributed by atoms with E-state index in [1.165, 1.54) is 7.05 Å². The van der Waals surface area contributed by atoms with Crippen LogP contribution in [0, 0.1) is 0 Å². The van der Waals surface area contributed by atoms with Gasteiger partial charge in [-0.05, 0) is 25.0 Å². The molecule has 0 saturated heterocycles. The molecule has 1 rings (SSSR count). The number of nitrogens with zero attached hydrogens (tertiary/aromatic N) is 1. The van der Waals surface area contributed by atoms with Crippen molar-refractivity contribution in [2.75, 3.05) is 19.3 Å². The number of hydrogen-bond acceptors (Lipinski definition) is 3. The van der Waals surface area contributed by atoms with E-state index in [9.17, 15) is 21.6 Å². The van der Waals surface area contributed by atoms with Gasteiger partial charge in [-0.25, -0.2) is 0 Å². The second-order valence-corrected chi connectivity index (χ2v) is 7.89. The summed E-state index contributed by atoms with van der Waals surface area (Å²) >= 11 is 1.77. The molecule has 1 N–H and O–H groups in total. The van der Waals surface area contributed by atoms with Crippen molar-refractivity contribution < 1.29 is 21.6 Å². The summed E-state index contributed by atoms with van der Waals surface area (Å²) in [5.74, 6) is 0.959. The monoisotopic (exact) mass is 320 g/mol. The van der Waals surface area contributed by atoms with Crippen molar-refractivity contribution >= 4 is 22.0 Å². The Morgan fingerprint density at radius 3 is 2.53 bits per heavy atom. The average Bonchev–Trinajstić information content (AvgIpc) is 2.74. The summed E-state index contributed by atoms with van der Waals surface area (Å²) in [7, 11) is -2.73. The van der Waals surface area contributed by atoms with E-state index in [2.05, 4.69) is 0 Å². The second-order valence-electron chi connectivity index (χ2n) is 4.50. The highest BCUT2D eigenvalue weighted by atomic mass is 32.2. The van der Waals surface area contributed by atoms with Gasteiger partial charge in [0.15, 0.2) is 0 Å². The van der Waals surface area contributed by atoms with Gasteiger partial charge in [-0.3, -0.25) is 0 Å². The smallest absolute Gasteiger partial charge is 0.195 e. The molecule has 0 bridgehead atoms. The molecule has 9 heteroatoms. The molecule has 0 aromatic heterocycles. The fraction of sp³-hybridized carbons (Fsp3) is 1.00. The Kier molecular flexibility index (Phi) is 5.96. The van der Waals surface area contributed by atoms with E-state index in [4.69, 9.17) is 0 Å². The Morgan fingerprint density at radius 1 is 1.37 bits per heavy atom. The molecule has 114 valence electrons. The maximum absolute atomic E-state index is 12.0. The first-order valence-electron chi connectivity index (χ1n) is 6.06. The van der Waals surface area contributed by atoms with E-state index in [1.807, 2.05) is 6.92 Å². The van der Waals surface area contributed by atoms with Crippen molar-refractivity contribution in [3.05, 3.63) is 0 Å².